The van der Waals surface area contributed by atoms with E-state index in [2.05, 4.69) is 15.0 Å². The van der Waals surface area contributed by atoms with Gasteiger partial charge in [-0.2, -0.15) is 0 Å². The highest BCUT2D eigenvalue weighted by Crippen LogP contribution is 2.31. The first-order chi connectivity index (χ1) is 13.3. The molecule has 146 valence electrons. The van der Waals surface area contributed by atoms with Crippen molar-refractivity contribution in [3.8, 4) is 5.75 Å². The average molecular weight is 423 g/mol. The van der Waals surface area contributed by atoms with E-state index in [4.69, 9.17) is 20.8 Å². The molecule has 0 spiro atoms. The summed E-state index contributed by atoms with van der Waals surface area (Å²) in [5, 5.41) is 3.74. The maximum atomic E-state index is 12.1. The summed E-state index contributed by atoms with van der Waals surface area (Å²) < 4.78 is 15.2. The molecule has 1 N–H and O–H groups in total. The third-order valence-corrected chi connectivity index (χ3v) is 4.97. The third kappa shape index (κ3) is 4.15. The van der Waals surface area contributed by atoms with Gasteiger partial charge < -0.3 is 13.9 Å². The molecule has 2 aromatic heterocycles. The lowest BCUT2D eigenvalue weighted by Crippen LogP contribution is -2.20. The molecule has 0 saturated heterocycles. The number of esters is 1. The van der Waals surface area contributed by atoms with Crippen molar-refractivity contribution < 1.29 is 23.5 Å². The number of amides is 1. The molecular formula is C18H15ClN2O6S. The molecule has 0 aliphatic heterocycles. The minimum absolute atomic E-state index is 0.145. The molecule has 1 aromatic carbocycles. The molecule has 0 aliphatic carbocycles. The van der Waals surface area contributed by atoms with Crippen molar-refractivity contribution >= 4 is 50.9 Å². The molecule has 0 unspecified atom stereocenters. The van der Waals surface area contributed by atoms with Crippen LogP contribution in [0, 0.1) is 13.8 Å². The Balaban J connectivity index is 1.72. The first-order valence-corrected chi connectivity index (χ1v) is 9.20. The summed E-state index contributed by atoms with van der Waals surface area (Å²) in [5.41, 5.74) is 0.685. The number of aryl methyl sites for hydroxylation is 2. The Labute approximate surface area is 168 Å². The van der Waals surface area contributed by atoms with E-state index in [0.717, 1.165) is 16.9 Å². The van der Waals surface area contributed by atoms with Gasteiger partial charge in [-0.25, -0.2) is 14.6 Å². The van der Waals surface area contributed by atoms with Gasteiger partial charge in [0, 0.05) is 22.4 Å². The van der Waals surface area contributed by atoms with Gasteiger partial charge in [0.25, 0.3) is 5.91 Å². The molecule has 0 bridgehead atoms. The zero-order valence-corrected chi connectivity index (χ0v) is 16.7. The number of benzene rings is 1. The van der Waals surface area contributed by atoms with Crippen molar-refractivity contribution in [2.45, 2.75) is 13.8 Å². The second kappa shape index (κ2) is 7.99. The van der Waals surface area contributed by atoms with Gasteiger partial charge in [-0.3, -0.25) is 10.1 Å². The standard InChI is InChI=1S/C18H15ClN2O6S/c1-8-4-15(23)27-12-6-13(11(19)5-10(8)12)26-7-14(22)20-18-21-16(9(2)28-18)17(24)25-3/h4-6H,7H2,1-3H3,(H,20,21,22). The van der Waals surface area contributed by atoms with Gasteiger partial charge >= 0.3 is 11.6 Å². The molecule has 0 fully saturated rings. The molecule has 2 heterocycles. The molecule has 0 atom stereocenters. The fraction of sp³-hybridized carbons (Fsp3) is 0.222. The molecule has 3 rings (SSSR count). The molecule has 0 aliphatic rings. The van der Waals surface area contributed by atoms with E-state index < -0.39 is 17.5 Å². The van der Waals surface area contributed by atoms with Crippen LogP contribution in [0.4, 0.5) is 5.13 Å². The van der Waals surface area contributed by atoms with Crippen molar-refractivity contribution in [3.63, 3.8) is 0 Å². The third-order valence-electron chi connectivity index (χ3n) is 3.78. The molecule has 0 radical (unpaired) electrons. The largest absolute Gasteiger partial charge is 0.482 e. The summed E-state index contributed by atoms with van der Waals surface area (Å²) in [4.78, 5) is 39.9. The Morgan fingerprint density at radius 1 is 1.29 bits per heavy atom. The summed E-state index contributed by atoms with van der Waals surface area (Å²) in [5.74, 6) is -0.874. The quantitative estimate of drug-likeness (QED) is 0.496. The maximum absolute atomic E-state index is 12.1. The van der Waals surface area contributed by atoms with E-state index in [9.17, 15) is 14.4 Å². The number of aromatic nitrogens is 1. The summed E-state index contributed by atoms with van der Waals surface area (Å²) in [6.45, 7) is 3.11. The Kier molecular flexibility index (Phi) is 5.66. The number of nitrogens with one attached hydrogen (secondary N) is 1. The number of ether oxygens (including phenoxy) is 2. The van der Waals surface area contributed by atoms with Gasteiger partial charge in [-0.1, -0.05) is 11.6 Å². The smallest absolute Gasteiger partial charge is 0.357 e. The number of nitrogens with zero attached hydrogens (tertiary/aromatic N) is 1. The number of halogens is 1. The number of carbonyl (C=O) groups is 2. The maximum Gasteiger partial charge on any atom is 0.357 e. The minimum atomic E-state index is -0.578. The van der Waals surface area contributed by atoms with Crippen LogP contribution in [0.2, 0.25) is 5.02 Å². The van der Waals surface area contributed by atoms with Crippen LogP contribution in [0.5, 0.6) is 5.75 Å². The number of fused-ring (bicyclic) bond motifs is 1. The number of hydrogen-bond acceptors (Lipinski definition) is 8. The lowest BCUT2D eigenvalue weighted by molar-refractivity contribution is -0.118. The first-order valence-electron chi connectivity index (χ1n) is 8.01. The lowest BCUT2D eigenvalue weighted by Gasteiger charge is -2.09. The van der Waals surface area contributed by atoms with Crippen molar-refractivity contribution in [1.29, 1.82) is 0 Å². The fourth-order valence-corrected chi connectivity index (χ4v) is 3.50. The van der Waals surface area contributed by atoms with Crippen LogP contribution in [0.15, 0.2) is 27.4 Å². The Morgan fingerprint density at radius 3 is 2.75 bits per heavy atom. The lowest BCUT2D eigenvalue weighted by atomic mass is 10.1. The number of hydrogen-bond donors (Lipinski definition) is 1. The van der Waals surface area contributed by atoms with E-state index >= 15 is 0 Å². The Morgan fingerprint density at radius 2 is 2.04 bits per heavy atom. The summed E-state index contributed by atoms with van der Waals surface area (Å²) >= 11 is 7.34. The van der Waals surface area contributed by atoms with Crippen LogP contribution < -0.4 is 15.7 Å². The molecule has 10 heteroatoms. The van der Waals surface area contributed by atoms with Crippen molar-refractivity contribution in [1.82, 2.24) is 4.98 Å². The van der Waals surface area contributed by atoms with Crippen LogP contribution in [0.1, 0.15) is 20.9 Å². The number of methoxy groups -OCH3 is 1. The summed E-state index contributed by atoms with van der Waals surface area (Å²) in [7, 11) is 1.25. The van der Waals surface area contributed by atoms with Gasteiger partial charge in [0.05, 0.1) is 12.1 Å². The second-order valence-electron chi connectivity index (χ2n) is 5.78. The summed E-state index contributed by atoms with van der Waals surface area (Å²) in [6, 6.07) is 4.43. The molecule has 3 aromatic rings. The molecule has 28 heavy (non-hydrogen) atoms. The van der Waals surface area contributed by atoms with Gasteiger partial charge in [0.1, 0.15) is 11.3 Å². The monoisotopic (exact) mass is 422 g/mol. The number of thiazole rings is 1. The summed E-state index contributed by atoms with van der Waals surface area (Å²) in [6.07, 6.45) is 0. The number of carbonyl (C=O) groups excluding carboxylic acids is 2. The van der Waals surface area contributed by atoms with E-state index in [1.165, 1.54) is 19.2 Å². The highest BCUT2D eigenvalue weighted by atomic mass is 35.5. The van der Waals surface area contributed by atoms with Crippen LogP contribution in [-0.2, 0) is 9.53 Å². The van der Waals surface area contributed by atoms with E-state index in [0.29, 0.717) is 15.8 Å². The predicted molar refractivity (Wildman–Crippen MR) is 105 cm³/mol. The fourth-order valence-electron chi connectivity index (χ4n) is 2.46. The molecular weight excluding hydrogens is 408 g/mol. The van der Waals surface area contributed by atoms with Crippen molar-refractivity contribution in [3.05, 3.63) is 49.8 Å². The molecule has 8 nitrogen and oxygen atoms in total. The molecule has 1 amide bonds. The Hall–Kier alpha value is -2.91. The Bertz CT molecular complexity index is 1140. The van der Waals surface area contributed by atoms with Gasteiger partial charge in [-0.15, -0.1) is 11.3 Å². The van der Waals surface area contributed by atoms with Crippen molar-refractivity contribution in [2.24, 2.45) is 0 Å². The zero-order chi connectivity index (χ0) is 20.4. The first kappa shape index (κ1) is 19.8. The van der Waals surface area contributed by atoms with Crippen LogP contribution in [0.3, 0.4) is 0 Å². The number of anilines is 1. The predicted octanol–water partition coefficient (Wildman–Crippen LogP) is 3.32. The van der Waals surface area contributed by atoms with Crippen LogP contribution in [0.25, 0.3) is 11.0 Å². The van der Waals surface area contributed by atoms with Gasteiger partial charge in [0.2, 0.25) is 0 Å². The van der Waals surface area contributed by atoms with E-state index in [-0.39, 0.29) is 28.2 Å². The normalized spacial score (nSPS) is 10.7. The second-order valence-corrected chi connectivity index (χ2v) is 7.39. The number of rotatable bonds is 5. The van der Waals surface area contributed by atoms with Crippen molar-refractivity contribution in [2.75, 3.05) is 19.0 Å². The van der Waals surface area contributed by atoms with E-state index in [1.807, 2.05) is 0 Å². The zero-order valence-electron chi connectivity index (χ0n) is 15.1. The molecule has 0 saturated carbocycles. The highest BCUT2D eigenvalue weighted by molar-refractivity contribution is 7.16. The topological polar surface area (TPSA) is 108 Å². The SMILES string of the molecule is COC(=O)c1nc(NC(=O)COc2cc3oc(=O)cc(C)c3cc2Cl)sc1C. The van der Waals surface area contributed by atoms with E-state index in [1.54, 1.807) is 19.9 Å². The van der Waals surface area contributed by atoms with Gasteiger partial charge in [-0.05, 0) is 25.5 Å². The average Bonchev–Trinajstić information content (AvgIpc) is 3.00. The van der Waals surface area contributed by atoms with Crippen LogP contribution >= 0.6 is 22.9 Å². The van der Waals surface area contributed by atoms with Crippen LogP contribution in [-0.4, -0.2) is 30.6 Å². The minimum Gasteiger partial charge on any atom is -0.482 e. The van der Waals surface area contributed by atoms with Gasteiger partial charge in [0.15, 0.2) is 17.4 Å². The highest BCUT2D eigenvalue weighted by Gasteiger charge is 2.17.